The minimum absolute atomic E-state index is 0.432. The lowest BCUT2D eigenvalue weighted by molar-refractivity contribution is 0.468. The second-order valence-electron chi connectivity index (χ2n) is 5.65. The van der Waals surface area contributed by atoms with Crippen LogP contribution in [0.4, 0.5) is 0 Å². The van der Waals surface area contributed by atoms with Crippen molar-refractivity contribution in [2.45, 2.75) is 25.7 Å². The standard InChI is InChI=1S/C18H21NO/c1-13-12-19-10-9-16-15(13)7-8-18(20)17(16)11-14-5-3-2-4-6-14/h2-8,13,19-20H,9-12H2,1H3/t13-/m1/s1. The summed E-state index contributed by atoms with van der Waals surface area (Å²) in [5, 5.41) is 13.8. The van der Waals surface area contributed by atoms with Gasteiger partial charge in [-0.3, -0.25) is 0 Å². The van der Waals surface area contributed by atoms with Gasteiger partial charge in [0.05, 0.1) is 0 Å². The minimum Gasteiger partial charge on any atom is -0.508 e. The van der Waals surface area contributed by atoms with Gasteiger partial charge >= 0.3 is 0 Å². The van der Waals surface area contributed by atoms with Crippen molar-refractivity contribution in [3.05, 3.63) is 64.7 Å². The van der Waals surface area contributed by atoms with E-state index in [4.69, 9.17) is 0 Å². The summed E-state index contributed by atoms with van der Waals surface area (Å²) in [6, 6.07) is 14.3. The van der Waals surface area contributed by atoms with E-state index >= 15 is 0 Å². The Labute approximate surface area is 120 Å². The zero-order valence-electron chi connectivity index (χ0n) is 11.9. The normalized spacial score (nSPS) is 18.4. The molecule has 0 aromatic heterocycles. The molecule has 2 heteroatoms. The number of phenolic OH excluding ortho intramolecular Hbond substituents is 1. The van der Waals surface area contributed by atoms with Crippen LogP contribution in [0, 0.1) is 0 Å². The van der Waals surface area contributed by atoms with E-state index in [0.717, 1.165) is 31.5 Å². The third-order valence-corrected chi connectivity index (χ3v) is 4.20. The number of fused-ring (bicyclic) bond motifs is 1. The van der Waals surface area contributed by atoms with Crippen LogP contribution in [0.2, 0.25) is 0 Å². The number of hydrogen-bond acceptors (Lipinski definition) is 2. The van der Waals surface area contributed by atoms with Crippen LogP contribution >= 0.6 is 0 Å². The summed E-state index contributed by atoms with van der Waals surface area (Å²) in [4.78, 5) is 0. The first-order valence-electron chi connectivity index (χ1n) is 7.34. The molecule has 0 spiro atoms. The highest BCUT2D eigenvalue weighted by Crippen LogP contribution is 2.32. The van der Waals surface area contributed by atoms with Crippen LogP contribution in [0.5, 0.6) is 5.75 Å². The summed E-state index contributed by atoms with van der Waals surface area (Å²) in [7, 11) is 0. The molecule has 20 heavy (non-hydrogen) atoms. The van der Waals surface area contributed by atoms with Gasteiger partial charge in [-0.1, -0.05) is 43.3 Å². The second-order valence-corrected chi connectivity index (χ2v) is 5.65. The molecule has 0 amide bonds. The van der Waals surface area contributed by atoms with Crippen LogP contribution in [0.3, 0.4) is 0 Å². The lowest BCUT2D eigenvalue weighted by Crippen LogP contribution is -2.18. The van der Waals surface area contributed by atoms with E-state index in [1.807, 2.05) is 12.1 Å². The molecule has 0 unspecified atom stereocenters. The Bertz CT molecular complexity index is 592. The molecule has 1 atom stereocenters. The maximum Gasteiger partial charge on any atom is 0.119 e. The molecule has 2 N–H and O–H groups in total. The van der Waals surface area contributed by atoms with Gasteiger partial charge in [-0.05, 0) is 41.6 Å². The highest BCUT2D eigenvalue weighted by molar-refractivity contribution is 5.48. The Morgan fingerprint density at radius 1 is 1.15 bits per heavy atom. The van der Waals surface area contributed by atoms with E-state index in [-0.39, 0.29) is 0 Å². The maximum atomic E-state index is 10.3. The number of nitrogens with one attached hydrogen (secondary N) is 1. The lowest BCUT2D eigenvalue weighted by Gasteiger charge is -2.17. The van der Waals surface area contributed by atoms with Gasteiger partial charge in [0, 0.05) is 18.5 Å². The fraction of sp³-hybridized carbons (Fsp3) is 0.333. The Balaban J connectivity index is 2.03. The number of benzene rings is 2. The molecule has 0 saturated heterocycles. The zero-order valence-corrected chi connectivity index (χ0v) is 11.9. The molecule has 2 aromatic rings. The molecular weight excluding hydrogens is 246 g/mol. The number of aromatic hydroxyl groups is 1. The number of rotatable bonds is 2. The number of phenols is 1. The molecule has 0 bridgehead atoms. The van der Waals surface area contributed by atoms with Gasteiger partial charge in [-0.2, -0.15) is 0 Å². The van der Waals surface area contributed by atoms with Gasteiger partial charge in [0.15, 0.2) is 0 Å². The molecule has 0 aliphatic carbocycles. The van der Waals surface area contributed by atoms with E-state index < -0.39 is 0 Å². The topological polar surface area (TPSA) is 32.3 Å². The van der Waals surface area contributed by atoms with Gasteiger partial charge in [0.25, 0.3) is 0 Å². The van der Waals surface area contributed by atoms with Gasteiger partial charge < -0.3 is 10.4 Å². The summed E-state index contributed by atoms with van der Waals surface area (Å²) in [6.07, 6.45) is 1.80. The van der Waals surface area contributed by atoms with Crippen LogP contribution in [0.15, 0.2) is 42.5 Å². The predicted octanol–water partition coefficient (Wildman–Crippen LogP) is 3.23. The van der Waals surface area contributed by atoms with Crippen molar-refractivity contribution in [3.63, 3.8) is 0 Å². The molecule has 1 heterocycles. The van der Waals surface area contributed by atoms with E-state index in [2.05, 4.69) is 42.6 Å². The van der Waals surface area contributed by atoms with Crippen molar-refractivity contribution in [1.82, 2.24) is 5.32 Å². The monoisotopic (exact) mass is 267 g/mol. The van der Waals surface area contributed by atoms with E-state index in [9.17, 15) is 5.11 Å². The summed E-state index contributed by atoms with van der Waals surface area (Å²) in [5.74, 6) is 0.935. The third kappa shape index (κ3) is 2.56. The van der Waals surface area contributed by atoms with Gasteiger partial charge in [0.1, 0.15) is 5.75 Å². The van der Waals surface area contributed by atoms with Crippen molar-refractivity contribution >= 4 is 0 Å². The van der Waals surface area contributed by atoms with E-state index in [1.54, 1.807) is 0 Å². The average Bonchev–Trinajstić information content (AvgIpc) is 2.65. The first kappa shape index (κ1) is 13.2. The summed E-state index contributed by atoms with van der Waals surface area (Å²) < 4.78 is 0. The second kappa shape index (κ2) is 5.68. The average molecular weight is 267 g/mol. The Kier molecular flexibility index (Phi) is 3.75. The summed E-state index contributed by atoms with van der Waals surface area (Å²) in [6.45, 7) is 4.26. The first-order valence-corrected chi connectivity index (χ1v) is 7.34. The lowest BCUT2D eigenvalue weighted by atomic mass is 9.88. The van der Waals surface area contributed by atoms with Crippen LogP contribution in [-0.4, -0.2) is 18.2 Å². The fourth-order valence-corrected chi connectivity index (χ4v) is 3.09. The molecule has 0 radical (unpaired) electrons. The summed E-state index contributed by atoms with van der Waals surface area (Å²) >= 11 is 0. The molecule has 0 fully saturated rings. The van der Waals surface area contributed by atoms with Crippen molar-refractivity contribution < 1.29 is 5.11 Å². The Morgan fingerprint density at radius 2 is 1.95 bits per heavy atom. The van der Waals surface area contributed by atoms with Gasteiger partial charge in [-0.15, -0.1) is 0 Å². The first-order chi connectivity index (χ1) is 9.75. The molecule has 3 rings (SSSR count). The highest BCUT2D eigenvalue weighted by Gasteiger charge is 2.19. The van der Waals surface area contributed by atoms with E-state index in [0.29, 0.717) is 11.7 Å². The van der Waals surface area contributed by atoms with Gasteiger partial charge in [-0.25, -0.2) is 0 Å². The number of hydrogen-bond donors (Lipinski definition) is 2. The third-order valence-electron chi connectivity index (χ3n) is 4.20. The van der Waals surface area contributed by atoms with Crippen LogP contribution in [0.1, 0.15) is 35.1 Å². The molecule has 104 valence electrons. The fourth-order valence-electron chi connectivity index (χ4n) is 3.09. The quantitative estimate of drug-likeness (QED) is 0.875. The van der Waals surface area contributed by atoms with Crippen LogP contribution in [0.25, 0.3) is 0 Å². The van der Waals surface area contributed by atoms with E-state index in [1.165, 1.54) is 16.7 Å². The SMILES string of the molecule is C[C@@H]1CNCCc2c1ccc(O)c2Cc1ccccc1. The maximum absolute atomic E-state index is 10.3. The smallest absolute Gasteiger partial charge is 0.119 e. The minimum atomic E-state index is 0.432. The molecule has 1 aliphatic heterocycles. The Morgan fingerprint density at radius 3 is 2.75 bits per heavy atom. The van der Waals surface area contributed by atoms with Gasteiger partial charge in [0.2, 0.25) is 0 Å². The van der Waals surface area contributed by atoms with Crippen molar-refractivity contribution in [1.29, 1.82) is 0 Å². The molecule has 1 aliphatic rings. The summed E-state index contributed by atoms with van der Waals surface area (Å²) in [5.41, 5.74) is 5.08. The van der Waals surface area contributed by atoms with Crippen molar-refractivity contribution in [2.75, 3.05) is 13.1 Å². The van der Waals surface area contributed by atoms with Crippen molar-refractivity contribution in [2.24, 2.45) is 0 Å². The molecular formula is C18H21NO. The predicted molar refractivity (Wildman–Crippen MR) is 82.3 cm³/mol. The largest absolute Gasteiger partial charge is 0.508 e. The van der Waals surface area contributed by atoms with Crippen molar-refractivity contribution in [3.8, 4) is 5.75 Å². The van der Waals surface area contributed by atoms with Crippen LogP contribution < -0.4 is 5.32 Å². The zero-order chi connectivity index (χ0) is 13.9. The molecule has 2 aromatic carbocycles. The molecule has 0 saturated carbocycles. The highest BCUT2D eigenvalue weighted by atomic mass is 16.3. The molecule has 2 nitrogen and oxygen atoms in total. The van der Waals surface area contributed by atoms with Crippen LogP contribution in [-0.2, 0) is 12.8 Å². The Hall–Kier alpha value is -1.80.